The normalized spacial score (nSPS) is 33.6. The van der Waals surface area contributed by atoms with Gasteiger partial charge >= 0.3 is 5.97 Å². The fraction of sp³-hybridized carbons (Fsp3) is 0.828. The van der Waals surface area contributed by atoms with Gasteiger partial charge in [-0.25, -0.2) is 0 Å². The minimum Gasteiger partial charge on any atom is -0.462 e. The summed E-state index contributed by atoms with van der Waals surface area (Å²) in [6.45, 7) is 3.23. The molecule has 6 fully saturated rings. The standard InChI is InChI=1S/C29H43N3O4.ClH/c1-2-25(17-27(34)36-28-23-13-20-12-21(15-23)16-24(28)14-20)31-29(35)22-4-3-11-32(18-22)26(33)6-5-19-7-9-30-10-8-19;/h1,19-25,28,30H,3-18H2,(H,31,35);1H/t20?,21?,22-,23?,24?,25?,28?;/m1./s1. The van der Waals surface area contributed by atoms with E-state index in [1.54, 1.807) is 0 Å². The molecule has 4 bridgehead atoms. The smallest absolute Gasteiger partial charge is 0.309 e. The van der Waals surface area contributed by atoms with Gasteiger partial charge in [0, 0.05) is 19.5 Å². The average Bonchev–Trinajstić information content (AvgIpc) is 2.89. The number of nitrogens with zero attached hydrogens (tertiary/aromatic N) is 1. The summed E-state index contributed by atoms with van der Waals surface area (Å²) in [5, 5.41) is 6.26. The van der Waals surface area contributed by atoms with Crippen LogP contribution in [0.1, 0.15) is 77.0 Å². The first-order valence-corrected chi connectivity index (χ1v) is 14.4. The first kappa shape index (κ1) is 28.2. The predicted molar refractivity (Wildman–Crippen MR) is 144 cm³/mol. The Morgan fingerprint density at radius 2 is 1.70 bits per heavy atom. The molecule has 2 saturated heterocycles. The summed E-state index contributed by atoms with van der Waals surface area (Å²) >= 11 is 0. The predicted octanol–water partition coefficient (Wildman–Crippen LogP) is 3.30. The van der Waals surface area contributed by atoms with Crippen LogP contribution in [-0.4, -0.2) is 61.0 Å². The molecule has 6 rings (SSSR count). The van der Waals surface area contributed by atoms with Gasteiger partial charge in [-0.3, -0.25) is 14.4 Å². The molecule has 2 heterocycles. The van der Waals surface area contributed by atoms with Crippen molar-refractivity contribution >= 4 is 30.2 Å². The largest absolute Gasteiger partial charge is 0.462 e. The Morgan fingerprint density at radius 3 is 2.35 bits per heavy atom. The third-order valence-electron chi connectivity index (χ3n) is 9.67. The number of likely N-dealkylation sites (tertiary alicyclic amines) is 1. The molecule has 2 aliphatic heterocycles. The maximum absolute atomic E-state index is 13.0. The molecule has 0 spiro atoms. The molecule has 8 heteroatoms. The van der Waals surface area contributed by atoms with E-state index in [1.807, 2.05) is 4.90 Å². The third-order valence-corrected chi connectivity index (χ3v) is 9.67. The van der Waals surface area contributed by atoms with E-state index >= 15 is 0 Å². The van der Waals surface area contributed by atoms with Crippen LogP contribution in [0.3, 0.4) is 0 Å². The molecule has 6 aliphatic rings. The van der Waals surface area contributed by atoms with Gasteiger partial charge in [0.15, 0.2) is 0 Å². The van der Waals surface area contributed by atoms with Gasteiger partial charge in [-0.15, -0.1) is 18.8 Å². The second-order valence-electron chi connectivity index (χ2n) is 12.2. The van der Waals surface area contributed by atoms with Crippen LogP contribution in [0.4, 0.5) is 0 Å². The van der Waals surface area contributed by atoms with Crippen LogP contribution in [0.2, 0.25) is 0 Å². The van der Waals surface area contributed by atoms with E-state index in [9.17, 15) is 14.4 Å². The molecule has 1 unspecified atom stereocenters. The van der Waals surface area contributed by atoms with Crippen LogP contribution < -0.4 is 10.6 Å². The van der Waals surface area contributed by atoms with Gasteiger partial charge in [0.1, 0.15) is 12.1 Å². The van der Waals surface area contributed by atoms with Crippen LogP contribution in [0, 0.1) is 47.9 Å². The van der Waals surface area contributed by atoms with Gasteiger partial charge in [-0.2, -0.15) is 0 Å². The summed E-state index contributed by atoms with van der Waals surface area (Å²) < 4.78 is 5.97. The van der Waals surface area contributed by atoms with Crippen molar-refractivity contribution in [1.82, 2.24) is 15.5 Å². The molecule has 0 aromatic carbocycles. The molecule has 0 radical (unpaired) electrons. The molecule has 37 heavy (non-hydrogen) atoms. The lowest BCUT2D eigenvalue weighted by Crippen LogP contribution is -2.50. The van der Waals surface area contributed by atoms with Crippen LogP contribution >= 0.6 is 12.4 Å². The molecular weight excluding hydrogens is 490 g/mol. The van der Waals surface area contributed by atoms with E-state index in [1.165, 1.54) is 32.1 Å². The summed E-state index contributed by atoms with van der Waals surface area (Å²) in [4.78, 5) is 40.4. The van der Waals surface area contributed by atoms with E-state index < -0.39 is 6.04 Å². The first-order chi connectivity index (χ1) is 17.5. The Morgan fingerprint density at radius 1 is 1.03 bits per heavy atom. The van der Waals surface area contributed by atoms with Gasteiger partial charge in [0.2, 0.25) is 11.8 Å². The van der Waals surface area contributed by atoms with Gasteiger partial charge in [0.05, 0.1) is 12.3 Å². The minimum absolute atomic E-state index is 0. The number of rotatable bonds is 8. The summed E-state index contributed by atoms with van der Waals surface area (Å²) in [6.07, 6.45) is 17.2. The number of amides is 2. The molecule has 0 aromatic rings. The monoisotopic (exact) mass is 533 g/mol. The van der Waals surface area contributed by atoms with E-state index in [-0.39, 0.29) is 48.6 Å². The Hall–Kier alpha value is -1.78. The molecule has 2 amide bonds. The van der Waals surface area contributed by atoms with Crippen LogP contribution in [-0.2, 0) is 19.1 Å². The molecule has 206 valence electrons. The molecule has 2 atom stereocenters. The topological polar surface area (TPSA) is 87.7 Å². The molecule has 4 aliphatic carbocycles. The number of hydrogen-bond acceptors (Lipinski definition) is 5. The molecule has 7 nitrogen and oxygen atoms in total. The molecule has 4 saturated carbocycles. The molecular formula is C29H44ClN3O4. The van der Waals surface area contributed by atoms with Crippen molar-refractivity contribution in [1.29, 1.82) is 0 Å². The van der Waals surface area contributed by atoms with Crippen molar-refractivity contribution < 1.29 is 19.1 Å². The average molecular weight is 534 g/mol. The number of terminal acetylenes is 1. The van der Waals surface area contributed by atoms with E-state index in [4.69, 9.17) is 11.2 Å². The van der Waals surface area contributed by atoms with Crippen molar-refractivity contribution in [3.8, 4) is 12.3 Å². The lowest BCUT2D eigenvalue weighted by Gasteiger charge is -2.53. The summed E-state index contributed by atoms with van der Waals surface area (Å²) in [7, 11) is 0. The zero-order valence-electron chi connectivity index (χ0n) is 22.0. The second-order valence-corrected chi connectivity index (χ2v) is 12.2. The maximum atomic E-state index is 13.0. The highest BCUT2D eigenvalue weighted by atomic mass is 35.5. The SMILES string of the molecule is C#CC(CC(=O)OC1C2CC3CC(C2)CC1C3)NC(=O)[C@@H]1CCCN(C(=O)CCC2CCNCC2)C1.Cl. The van der Waals surface area contributed by atoms with Crippen LogP contribution in [0.25, 0.3) is 0 Å². The highest BCUT2D eigenvalue weighted by Gasteiger charge is 2.50. The van der Waals surface area contributed by atoms with Gasteiger partial charge in [-0.1, -0.05) is 5.92 Å². The highest BCUT2D eigenvalue weighted by Crippen LogP contribution is 2.54. The maximum Gasteiger partial charge on any atom is 0.309 e. The quantitative estimate of drug-likeness (QED) is 0.369. The van der Waals surface area contributed by atoms with Crippen molar-refractivity contribution in [3.05, 3.63) is 0 Å². The van der Waals surface area contributed by atoms with E-state index in [0.717, 1.165) is 57.0 Å². The Balaban J connectivity index is 0.00000320. The second kappa shape index (κ2) is 12.8. The lowest BCUT2D eigenvalue weighted by molar-refractivity contribution is -0.171. The van der Waals surface area contributed by atoms with Gasteiger partial charge in [-0.05, 0) is 107 Å². The number of carbonyl (C=O) groups is 3. The van der Waals surface area contributed by atoms with Gasteiger partial charge < -0.3 is 20.3 Å². The minimum atomic E-state index is -0.673. The van der Waals surface area contributed by atoms with Crippen molar-refractivity contribution in [2.24, 2.45) is 35.5 Å². The number of nitrogens with one attached hydrogen (secondary N) is 2. The number of piperidine rings is 2. The Bertz CT molecular complexity index is 840. The van der Waals surface area contributed by atoms with Crippen LogP contribution in [0.15, 0.2) is 0 Å². The summed E-state index contributed by atoms with van der Waals surface area (Å²) in [5.74, 6) is 5.27. The zero-order chi connectivity index (χ0) is 25.1. The Kier molecular flexibility index (Phi) is 9.80. The zero-order valence-corrected chi connectivity index (χ0v) is 22.8. The summed E-state index contributed by atoms with van der Waals surface area (Å²) in [5.41, 5.74) is 0. The fourth-order valence-electron chi connectivity index (χ4n) is 7.95. The number of esters is 1. The Labute approximate surface area is 228 Å². The number of carbonyl (C=O) groups excluding carboxylic acids is 3. The fourth-order valence-corrected chi connectivity index (χ4v) is 7.95. The van der Waals surface area contributed by atoms with E-state index in [2.05, 4.69) is 16.6 Å². The molecule has 0 aromatic heterocycles. The lowest BCUT2D eigenvalue weighted by atomic mass is 9.55. The van der Waals surface area contributed by atoms with Crippen molar-refractivity contribution in [3.63, 3.8) is 0 Å². The van der Waals surface area contributed by atoms with Crippen LogP contribution in [0.5, 0.6) is 0 Å². The van der Waals surface area contributed by atoms with Gasteiger partial charge in [0.25, 0.3) is 0 Å². The summed E-state index contributed by atoms with van der Waals surface area (Å²) in [6, 6.07) is -0.673. The van der Waals surface area contributed by atoms with E-state index in [0.29, 0.717) is 37.3 Å². The van der Waals surface area contributed by atoms with Crippen molar-refractivity contribution in [2.75, 3.05) is 26.2 Å². The number of hydrogen-bond donors (Lipinski definition) is 2. The number of halogens is 1. The third kappa shape index (κ3) is 7.00. The highest BCUT2D eigenvalue weighted by molar-refractivity contribution is 5.85. The molecule has 2 N–H and O–H groups in total. The van der Waals surface area contributed by atoms with Crippen molar-refractivity contribution in [2.45, 2.75) is 89.2 Å². The first-order valence-electron chi connectivity index (χ1n) is 14.4. The number of ether oxygens (including phenoxy) is 1.